The van der Waals surface area contributed by atoms with Crippen LogP contribution in [0, 0.1) is 5.92 Å². The van der Waals surface area contributed by atoms with Gasteiger partial charge in [-0.25, -0.2) is 4.79 Å². The molecule has 70 heavy (non-hydrogen) atoms. The number of rotatable bonds is 43. The lowest BCUT2D eigenvalue weighted by Gasteiger charge is -2.14. The van der Waals surface area contributed by atoms with E-state index in [9.17, 15) is 38.7 Å². The molecule has 29 heteroatoms. The molecule has 0 rings (SSSR count). The van der Waals surface area contributed by atoms with E-state index in [1.807, 2.05) is 0 Å². The Kier molecular flexibility index (Phi) is 112. The van der Waals surface area contributed by atoms with E-state index in [4.69, 9.17) is 29.2 Å². The van der Waals surface area contributed by atoms with Crippen LogP contribution in [0.3, 0.4) is 0 Å². The zero-order chi connectivity index (χ0) is 43.1. The first-order chi connectivity index (χ1) is 27.9. The maximum Gasteiger partial charge on any atom is 0.326 e. The number of nitrogens with one attached hydrogen (secondary N) is 3. The van der Waals surface area contributed by atoms with Crippen LogP contribution in [-0.2, 0) is 52.5 Å². The van der Waals surface area contributed by atoms with Crippen LogP contribution in [0.25, 0.3) is 0 Å². The summed E-state index contributed by atoms with van der Waals surface area (Å²) < 4.78 is 21.3. The van der Waals surface area contributed by atoms with E-state index in [1.165, 1.54) is 19.3 Å². The van der Waals surface area contributed by atoms with E-state index in [2.05, 4.69) is 16.0 Å². The molecule has 0 aromatic carbocycles. The van der Waals surface area contributed by atoms with Crippen LogP contribution in [0.15, 0.2) is 0 Å². The molecule has 0 saturated carbocycles. The van der Waals surface area contributed by atoms with Gasteiger partial charge < -0.3 is 50.2 Å². The van der Waals surface area contributed by atoms with Gasteiger partial charge in [0.1, 0.15) is 25.0 Å². The summed E-state index contributed by atoms with van der Waals surface area (Å²) in [5.74, 6) is -4.11. The van der Waals surface area contributed by atoms with E-state index in [0.29, 0.717) is 45.3 Å². The van der Waals surface area contributed by atoms with Gasteiger partial charge in [-0.05, 0) is 38.5 Å². The van der Waals surface area contributed by atoms with Crippen molar-refractivity contribution < 1.29 is 67.8 Å². The fraction of sp³-hybridized carbons (Fsp3) is 0.829. The molecule has 0 radical (unpaired) electrons. The smallest absolute Gasteiger partial charge is 0.326 e. The molecule has 2 atom stereocenters. The Morgan fingerprint density at radius 3 is 1.24 bits per heavy atom. The predicted octanol–water partition coefficient (Wildman–Crippen LogP) is 5.77. The third-order valence-corrected chi connectivity index (χ3v) is 9.22. The number of carboxylic acid groups (broad SMARTS) is 3. The Bertz CT molecular complexity index is 1190. The minimum absolute atomic E-state index is 0. The standard InChI is InChI=1S/C41H73N3O14.12H2S/c1-33(40(51)52)17-14-15-23-42-37(47)31-58-30-28-56-26-24-43-38(48)32-57-29-27-55-25-16-18-34(45)21-22-35(41(53)54)44-36(46)19-12-10-8-6-4-2-3-5-7-9-11-13-20-39(49)50;;;;;;;;;;;;/h33,35H,2-32H2,1H3,(H,42,47)(H,43,48)(H,44,46)(H,49,50)(H,51,52)(H,53,54);12*1H2/t33-,35-;;;;;;;;;;;;/m0............/s1. The minimum atomic E-state index is -1.16. The summed E-state index contributed by atoms with van der Waals surface area (Å²) in [6, 6.07) is -1.11. The molecule has 0 aliphatic rings. The number of carboxylic acids is 3. The van der Waals surface area contributed by atoms with Gasteiger partial charge in [0.25, 0.3) is 0 Å². The molecule has 432 valence electrons. The third-order valence-electron chi connectivity index (χ3n) is 9.22. The molecule has 3 amide bonds. The van der Waals surface area contributed by atoms with Gasteiger partial charge in [-0.15, -0.1) is 0 Å². The van der Waals surface area contributed by atoms with Crippen LogP contribution in [0.2, 0.25) is 0 Å². The Morgan fingerprint density at radius 1 is 0.386 bits per heavy atom. The fourth-order valence-corrected chi connectivity index (χ4v) is 5.72. The van der Waals surface area contributed by atoms with E-state index in [-0.39, 0.29) is 270 Å². The minimum Gasteiger partial charge on any atom is -0.481 e. The Labute approximate surface area is 502 Å². The van der Waals surface area contributed by atoms with Gasteiger partial charge in [-0.3, -0.25) is 28.8 Å². The van der Waals surface area contributed by atoms with Gasteiger partial charge in [0.2, 0.25) is 17.7 Å². The number of amides is 3. The highest BCUT2D eigenvalue weighted by atomic mass is 32.1. The number of hydrogen-bond donors (Lipinski definition) is 6. The first-order valence-electron chi connectivity index (χ1n) is 21.2. The summed E-state index contributed by atoms with van der Waals surface area (Å²) in [5, 5.41) is 34.9. The summed E-state index contributed by atoms with van der Waals surface area (Å²) in [4.78, 5) is 81.1. The molecule has 0 aliphatic carbocycles. The monoisotopic (exact) mass is 1240 g/mol. The average molecular weight is 1240 g/mol. The predicted molar refractivity (Wildman–Crippen MR) is 340 cm³/mol. The van der Waals surface area contributed by atoms with Gasteiger partial charge in [0.15, 0.2) is 0 Å². The van der Waals surface area contributed by atoms with Crippen LogP contribution in [0.1, 0.15) is 142 Å². The fourth-order valence-electron chi connectivity index (χ4n) is 5.72. The van der Waals surface area contributed by atoms with Crippen LogP contribution in [0.4, 0.5) is 0 Å². The van der Waals surface area contributed by atoms with Crippen molar-refractivity contribution in [3.05, 3.63) is 0 Å². The molecule has 0 aliphatic heterocycles. The van der Waals surface area contributed by atoms with Crippen molar-refractivity contribution in [1.82, 2.24) is 16.0 Å². The maximum absolute atomic E-state index is 12.3. The molecule has 0 heterocycles. The van der Waals surface area contributed by atoms with Crippen molar-refractivity contribution in [2.75, 3.05) is 65.9 Å². The maximum atomic E-state index is 12.3. The highest BCUT2D eigenvalue weighted by Gasteiger charge is 2.21. The molecule has 0 saturated heterocycles. The van der Waals surface area contributed by atoms with E-state index in [1.54, 1.807) is 6.92 Å². The van der Waals surface area contributed by atoms with Crippen molar-refractivity contribution in [2.45, 2.75) is 148 Å². The average Bonchev–Trinajstić information content (AvgIpc) is 3.17. The van der Waals surface area contributed by atoms with Gasteiger partial charge in [0, 0.05) is 45.4 Å². The lowest BCUT2D eigenvalue weighted by molar-refractivity contribution is -0.142. The largest absolute Gasteiger partial charge is 0.481 e. The number of carbonyl (C=O) groups is 7. The molecule has 0 aromatic rings. The first-order valence-corrected chi connectivity index (χ1v) is 21.2. The molecule has 0 unspecified atom stereocenters. The molecule has 6 N–H and O–H groups in total. The number of ketones is 1. The quantitative estimate of drug-likeness (QED) is 0.0397. The van der Waals surface area contributed by atoms with Gasteiger partial charge in [0.05, 0.1) is 39.0 Å². The SMILES string of the molecule is C[C@@H](CCCCNC(=O)COCCOCCNC(=O)COCCOCCCC(=O)CC[C@H](NC(=O)CCCCCCCCCCCCCCC(=O)O)C(=O)O)C(=O)O.S.S.S.S.S.S.S.S.S.S.S.S. The Morgan fingerprint density at radius 2 is 0.800 bits per heavy atom. The Balaban J connectivity index is -0.000000246. The van der Waals surface area contributed by atoms with Crippen LogP contribution >= 0.6 is 162 Å². The number of ether oxygens (including phenoxy) is 4. The zero-order valence-electron chi connectivity index (χ0n) is 40.9. The summed E-state index contributed by atoms with van der Waals surface area (Å²) in [6.07, 6.45) is 15.6. The second-order valence-electron chi connectivity index (χ2n) is 14.5. The van der Waals surface area contributed by atoms with Gasteiger partial charge in [-0.2, -0.15) is 162 Å². The number of unbranched alkanes of at least 4 members (excludes halogenated alkanes) is 12. The molecule has 0 spiro atoms. The van der Waals surface area contributed by atoms with Crippen LogP contribution in [-0.4, -0.2) is 129 Å². The van der Waals surface area contributed by atoms with Crippen molar-refractivity contribution in [2.24, 2.45) is 5.92 Å². The van der Waals surface area contributed by atoms with E-state index >= 15 is 0 Å². The van der Waals surface area contributed by atoms with Crippen molar-refractivity contribution >= 4 is 203 Å². The number of carbonyl (C=O) groups excluding carboxylic acids is 4. The molecular weight excluding hydrogens is 1140 g/mol. The molecule has 0 bridgehead atoms. The number of hydrogen-bond acceptors (Lipinski definition) is 11. The number of aliphatic carboxylic acids is 3. The zero-order valence-corrected chi connectivity index (χ0v) is 52.9. The highest BCUT2D eigenvalue weighted by Crippen LogP contribution is 2.13. The third kappa shape index (κ3) is 75.1. The summed E-state index contributed by atoms with van der Waals surface area (Å²) in [5.41, 5.74) is 0. The molecular formula is C41H97N3O14S12. The highest BCUT2D eigenvalue weighted by molar-refractivity contribution is 7.60. The normalized spacial score (nSPS) is 10.0. The van der Waals surface area contributed by atoms with E-state index in [0.717, 1.165) is 51.4 Å². The molecule has 0 aromatic heterocycles. The van der Waals surface area contributed by atoms with Crippen molar-refractivity contribution in [1.29, 1.82) is 0 Å². The second-order valence-corrected chi connectivity index (χ2v) is 14.5. The second kappa shape index (κ2) is 76.0. The van der Waals surface area contributed by atoms with Crippen molar-refractivity contribution in [3.8, 4) is 0 Å². The summed E-state index contributed by atoms with van der Waals surface area (Å²) >= 11 is 0. The first kappa shape index (κ1) is 103. The summed E-state index contributed by atoms with van der Waals surface area (Å²) in [6.45, 7) is 3.60. The van der Waals surface area contributed by atoms with Crippen LogP contribution < -0.4 is 16.0 Å². The lowest BCUT2D eigenvalue weighted by atomic mass is 10.0. The molecule has 0 fully saturated rings. The molecule has 17 nitrogen and oxygen atoms in total. The topological polar surface area (TPSA) is 253 Å². The van der Waals surface area contributed by atoms with Gasteiger partial charge in [-0.1, -0.05) is 77.6 Å². The lowest BCUT2D eigenvalue weighted by Crippen LogP contribution is -2.41. The van der Waals surface area contributed by atoms with Gasteiger partial charge >= 0.3 is 17.9 Å². The van der Waals surface area contributed by atoms with E-state index < -0.39 is 29.9 Å². The Hall–Kier alpha value is 0.530. The van der Waals surface area contributed by atoms with Crippen LogP contribution in [0.5, 0.6) is 0 Å². The van der Waals surface area contributed by atoms with Crippen molar-refractivity contribution in [3.63, 3.8) is 0 Å². The summed E-state index contributed by atoms with van der Waals surface area (Å²) in [7, 11) is 0. The number of Topliss-reactive ketones (excluding diaryl/α,β-unsaturated/α-hetero) is 1.